The molecule has 1 aliphatic heterocycles. The van der Waals surface area contributed by atoms with Crippen molar-refractivity contribution in [3.63, 3.8) is 0 Å². The number of carbonyl (C=O) groups is 1. The second-order valence-electron chi connectivity index (χ2n) is 5.62. The summed E-state index contributed by atoms with van der Waals surface area (Å²) in [6.45, 7) is 0.706. The summed E-state index contributed by atoms with van der Waals surface area (Å²) in [6, 6.07) is 4.97. The molecule has 1 fully saturated rings. The lowest BCUT2D eigenvalue weighted by atomic mass is 10.2. The minimum atomic E-state index is -2.99. The Hall–Kier alpha value is -0.820. The Morgan fingerprint density at radius 1 is 1.32 bits per heavy atom. The predicted molar refractivity (Wildman–Crippen MR) is 88.0 cm³/mol. The zero-order valence-corrected chi connectivity index (χ0v) is 14.5. The number of nitrogens with zero attached hydrogens (tertiary/aromatic N) is 1. The Labute approximate surface area is 140 Å². The summed E-state index contributed by atoms with van der Waals surface area (Å²) >= 11 is 11.9. The average Bonchev–Trinajstić information content (AvgIpc) is 2.66. The first-order valence-corrected chi connectivity index (χ1v) is 9.44. The molecule has 1 atom stereocenters. The van der Waals surface area contributed by atoms with Crippen LogP contribution in [0.4, 0.5) is 0 Å². The van der Waals surface area contributed by atoms with Gasteiger partial charge >= 0.3 is 0 Å². The van der Waals surface area contributed by atoms with Crippen LogP contribution in [-0.2, 0) is 21.2 Å². The standard InChI is InChI=1S/C14H18Cl2N2O3S/c1-18(7-10-4-11(15)6-12(16)5-10)8-14(19)17-13-2-3-22(20,21)9-13/h4-6,13H,2-3,7-9H2,1H3,(H,17,19)/t13-/m1/s1. The number of hydrogen-bond donors (Lipinski definition) is 1. The Morgan fingerprint density at radius 3 is 2.50 bits per heavy atom. The number of amides is 1. The van der Waals surface area contributed by atoms with E-state index < -0.39 is 9.84 Å². The maximum Gasteiger partial charge on any atom is 0.234 e. The smallest absolute Gasteiger partial charge is 0.234 e. The third-order valence-electron chi connectivity index (χ3n) is 3.39. The van der Waals surface area contributed by atoms with Crippen LogP contribution in [0.15, 0.2) is 18.2 Å². The lowest BCUT2D eigenvalue weighted by Gasteiger charge is -2.18. The number of halogens is 2. The topological polar surface area (TPSA) is 66.5 Å². The molecule has 122 valence electrons. The molecular weight excluding hydrogens is 347 g/mol. The molecule has 1 N–H and O–H groups in total. The van der Waals surface area contributed by atoms with Gasteiger partial charge in [0.15, 0.2) is 9.84 Å². The van der Waals surface area contributed by atoms with Crippen LogP contribution in [0.5, 0.6) is 0 Å². The van der Waals surface area contributed by atoms with Gasteiger partial charge in [-0.15, -0.1) is 0 Å². The van der Waals surface area contributed by atoms with Crippen molar-refractivity contribution in [3.05, 3.63) is 33.8 Å². The highest BCUT2D eigenvalue weighted by atomic mass is 35.5. The van der Waals surface area contributed by atoms with Crippen molar-refractivity contribution in [3.8, 4) is 0 Å². The molecule has 1 amide bonds. The van der Waals surface area contributed by atoms with Gasteiger partial charge in [-0.25, -0.2) is 8.42 Å². The second kappa shape index (κ2) is 7.17. The van der Waals surface area contributed by atoms with E-state index in [0.717, 1.165) is 5.56 Å². The number of nitrogens with one attached hydrogen (secondary N) is 1. The zero-order chi connectivity index (χ0) is 16.3. The number of hydrogen-bond acceptors (Lipinski definition) is 4. The van der Waals surface area contributed by atoms with E-state index in [1.165, 1.54) is 0 Å². The predicted octanol–water partition coefficient (Wildman–Crippen LogP) is 1.73. The van der Waals surface area contributed by atoms with Gasteiger partial charge in [0.05, 0.1) is 18.1 Å². The van der Waals surface area contributed by atoms with Crippen LogP contribution in [0.25, 0.3) is 0 Å². The quantitative estimate of drug-likeness (QED) is 0.863. The van der Waals surface area contributed by atoms with Gasteiger partial charge in [-0.05, 0) is 37.2 Å². The highest BCUT2D eigenvalue weighted by Gasteiger charge is 2.28. The molecule has 2 rings (SSSR count). The van der Waals surface area contributed by atoms with E-state index >= 15 is 0 Å². The maximum absolute atomic E-state index is 11.9. The minimum absolute atomic E-state index is 0.0341. The van der Waals surface area contributed by atoms with Crippen LogP contribution in [0.3, 0.4) is 0 Å². The van der Waals surface area contributed by atoms with Crippen molar-refractivity contribution in [2.75, 3.05) is 25.1 Å². The van der Waals surface area contributed by atoms with E-state index in [1.54, 1.807) is 25.2 Å². The van der Waals surface area contributed by atoms with Crippen molar-refractivity contribution in [2.24, 2.45) is 0 Å². The van der Waals surface area contributed by atoms with E-state index in [9.17, 15) is 13.2 Å². The minimum Gasteiger partial charge on any atom is -0.351 e. The molecule has 1 heterocycles. The highest BCUT2D eigenvalue weighted by molar-refractivity contribution is 7.91. The van der Waals surface area contributed by atoms with E-state index in [2.05, 4.69) is 5.32 Å². The molecular formula is C14H18Cl2N2O3S. The number of benzene rings is 1. The molecule has 1 aromatic rings. The molecule has 1 saturated heterocycles. The van der Waals surface area contributed by atoms with E-state index in [4.69, 9.17) is 23.2 Å². The summed E-state index contributed by atoms with van der Waals surface area (Å²) in [6.07, 6.45) is 0.488. The van der Waals surface area contributed by atoms with Gasteiger partial charge in [0.1, 0.15) is 0 Å². The average molecular weight is 365 g/mol. The number of sulfone groups is 1. The molecule has 1 aliphatic rings. The number of carbonyl (C=O) groups excluding carboxylic acids is 1. The van der Waals surface area contributed by atoms with Crippen molar-refractivity contribution >= 4 is 38.9 Å². The fourth-order valence-corrected chi connectivity index (χ4v) is 4.74. The summed E-state index contributed by atoms with van der Waals surface area (Å²) in [5.41, 5.74) is 0.913. The zero-order valence-electron chi connectivity index (χ0n) is 12.2. The van der Waals surface area contributed by atoms with Crippen molar-refractivity contribution in [1.82, 2.24) is 10.2 Å². The molecule has 0 spiro atoms. The number of likely N-dealkylation sites (N-methyl/N-ethyl adjacent to an activating group) is 1. The van der Waals surface area contributed by atoms with Crippen LogP contribution in [-0.4, -0.2) is 50.4 Å². The van der Waals surface area contributed by atoms with Gasteiger partial charge in [-0.1, -0.05) is 23.2 Å². The first-order chi connectivity index (χ1) is 10.2. The molecule has 5 nitrogen and oxygen atoms in total. The van der Waals surface area contributed by atoms with Crippen LogP contribution < -0.4 is 5.32 Å². The molecule has 0 bridgehead atoms. The summed E-state index contributed by atoms with van der Waals surface area (Å²) in [5, 5.41) is 3.87. The van der Waals surface area contributed by atoms with Crippen LogP contribution in [0.2, 0.25) is 10.0 Å². The summed E-state index contributed by atoms with van der Waals surface area (Å²) < 4.78 is 22.7. The molecule has 8 heteroatoms. The number of rotatable bonds is 5. The molecule has 1 aromatic carbocycles. The third-order valence-corrected chi connectivity index (χ3v) is 5.59. The lowest BCUT2D eigenvalue weighted by molar-refractivity contribution is -0.122. The van der Waals surface area contributed by atoms with Crippen LogP contribution >= 0.6 is 23.2 Å². The van der Waals surface area contributed by atoms with Gasteiger partial charge in [-0.3, -0.25) is 9.69 Å². The molecule has 0 radical (unpaired) electrons. The Morgan fingerprint density at radius 2 is 1.95 bits per heavy atom. The molecule has 0 aliphatic carbocycles. The maximum atomic E-state index is 11.9. The first-order valence-electron chi connectivity index (χ1n) is 6.87. The van der Waals surface area contributed by atoms with E-state index in [0.29, 0.717) is 23.0 Å². The normalized spacial score (nSPS) is 20.3. The fourth-order valence-electron chi connectivity index (χ4n) is 2.50. The summed E-state index contributed by atoms with van der Waals surface area (Å²) in [5.74, 6) is -0.000961. The van der Waals surface area contributed by atoms with Crippen LogP contribution in [0, 0.1) is 0 Å². The molecule has 22 heavy (non-hydrogen) atoms. The SMILES string of the molecule is CN(CC(=O)N[C@@H]1CCS(=O)(=O)C1)Cc1cc(Cl)cc(Cl)c1. The summed E-state index contributed by atoms with van der Waals surface area (Å²) in [7, 11) is -1.18. The van der Waals surface area contributed by atoms with Gasteiger partial charge in [-0.2, -0.15) is 0 Å². The van der Waals surface area contributed by atoms with Crippen molar-refractivity contribution < 1.29 is 13.2 Å². The largest absolute Gasteiger partial charge is 0.351 e. The monoisotopic (exact) mass is 364 g/mol. The Balaban J connectivity index is 1.83. The molecule has 0 unspecified atom stereocenters. The summed E-state index contributed by atoms with van der Waals surface area (Å²) in [4.78, 5) is 13.8. The Bertz CT molecular complexity index is 644. The van der Waals surface area contributed by atoms with Gasteiger partial charge in [0, 0.05) is 22.6 Å². The molecule has 0 saturated carbocycles. The second-order valence-corrected chi connectivity index (χ2v) is 8.72. The van der Waals surface area contributed by atoms with Gasteiger partial charge in [0.2, 0.25) is 5.91 Å². The van der Waals surface area contributed by atoms with Crippen molar-refractivity contribution in [2.45, 2.75) is 19.0 Å². The van der Waals surface area contributed by atoms with Gasteiger partial charge in [0.25, 0.3) is 0 Å². The van der Waals surface area contributed by atoms with E-state index in [-0.39, 0.29) is 30.0 Å². The molecule has 0 aromatic heterocycles. The fraction of sp³-hybridized carbons (Fsp3) is 0.500. The van der Waals surface area contributed by atoms with Crippen molar-refractivity contribution in [1.29, 1.82) is 0 Å². The lowest BCUT2D eigenvalue weighted by Crippen LogP contribution is -2.41. The Kier molecular flexibility index (Phi) is 5.71. The highest BCUT2D eigenvalue weighted by Crippen LogP contribution is 2.19. The van der Waals surface area contributed by atoms with Gasteiger partial charge < -0.3 is 5.32 Å². The third kappa shape index (κ3) is 5.43. The van der Waals surface area contributed by atoms with E-state index in [1.807, 2.05) is 4.90 Å². The van der Waals surface area contributed by atoms with Crippen LogP contribution in [0.1, 0.15) is 12.0 Å². The first kappa shape index (κ1) is 17.5.